The minimum Gasteiger partial charge on any atom is -0.463 e. The maximum absolute atomic E-state index is 11.1. The summed E-state index contributed by atoms with van der Waals surface area (Å²) >= 11 is 0. The lowest BCUT2D eigenvalue weighted by Crippen LogP contribution is -1.98. The van der Waals surface area contributed by atoms with E-state index in [2.05, 4.69) is 5.16 Å². The Labute approximate surface area is 119 Å². The number of halogens is 1. The highest BCUT2D eigenvalue weighted by atomic mass is 35.5. The topological polar surface area (TPSA) is 47.9 Å². The lowest BCUT2D eigenvalue weighted by Gasteiger charge is -1.97. The van der Waals surface area contributed by atoms with Crippen molar-refractivity contribution in [2.75, 3.05) is 13.2 Å². The van der Waals surface area contributed by atoms with Crippen LogP contribution in [0.15, 0.2) is 35.5 Å². The van der Waals surface area contributed by atoms with Crippen LogP contribution < -0.4 is 0 Å². The predicted octanol–water partition coefficient (Wildman–Crippen LogP) is 3.06. The standard InChI is InChI=1S/C14H17NO3.ClH/c1-3-17-14(16)10-9-12-5-7-13(8-6-12)11-15-18-4-2;/h5-11H,3-4H2,1-2H3;1H. The summed E-state index contributed by atoms with van der Waals surface area (Å²) in [6.45, 7) is 4.59. The number of oxime groups is 1. The number of hydrogen-bond acceptors (Lipinski definition) is 4. The van der Waals surface area contributed by atoms with Gasteiger partial charge in [-0.3, -0.25) is 0 Å². The molecule has 104 valence electrons. The highest BCUT2D eigenvalue weighted by Crippen LogP contribution is 2.05. The zero-order chi connectivity index (χ0) is 13.2. The van der Waals surface area contributed by atoms with Crippen LogP contribution >= 0.6 is 12.4 Å². The van der Waals surface area contributed by atoms with E-state index in [-0.39, 0.29) is 18.4 Å². The maximum atomic E-state index is 11.1. The van der Waals surface area contributed by atoms with Crippen LogP contribution in [0.1, 0.15) is 25.0 Å². The molecule has 0 atom stereocenters. The van der Waals surface area contributed by atoms with Crippen LogP contribution in [0.5, 0.6) is 0 Å². The Kier molecular flexibility index (Phi) is 9.18. The fourth-order valence-corrected chi connectivity index (χ4v) is 1.22. The molecule has 0 radical (unpaired) electrons. The monoisotopic (exact) mass is 283 g/mol. The average Bonchev–Trinajstić information content (AvgIpc) is 2.38. The van der Waals surface area contributed by atoms with Crippen LogP contribution in [0.3, 0.4) is 0 Å². The molecule has 0 fully saturated rings. The van der Waals surface area contributed by atoms with Crippen molar-refractivity contribution in [1.29, 1.82) is 0 Å². The van der Waals surface area contributed by atoms with E-state index in [1.807, 2.05) is 31.2 Å². The van der Waals surface area contributed by atoms with E-state index in [0.29, 0.717) is 13.2 Å². The number of carbonyl (C=O) groups excluding carboxylic acids is 1. The summed E-state index contributed by atoms with van der Waals surface area (Å²) in [4.78, 5) is 16.0. The third-order valence-corrected chi connectivity index (χ3v) is 2.04. The molecule has 5 heteroatoms. The molecule has 0 aromatic heterocycles. The van der Waals surface area contributed by atoms with Crippen LogP contribution in [0.2, 0.25) is 0 Å². The number of carbonyl (C=O) groups is 1. The molecule has 19 heavy (non-hydrogen) atoms. The molecule has 0 aliphatic carbocycles. The smallest absolute Gasteiger partial charge is 0.330 e. The summed E-state index contributed by atoms with van der Waals surface area (Å²) in [6.07, 6.45) is 4.76. The van der Waals surface area contributed by atoms with E-state index >= 15 is 0 Å². The molecule has 0 heterocycles. The number of nitrogens with zero attached hydrogens (tertiary/aromatic N) is 1. The Morgan fingerprint density at radius 3 is 2.37 bits per heavy atom. The highest BCUT2D eigenvalue weighted by Gasteiger charge is 1.94. The summed E-state index contributed by atoms with van der Waals surface area (Å²) < 4.78 is 4.79. The van der Waals surface area contributed by atoms with Gasteiger partial charge in [-0.1, -0.05) is 29.4 Å². The maximum Gasteiger partial charge on any atom is 0.330 e. The highest BCUT2D eigenvalue weighted by molar-refractivity contribution is 5.87. The van der Waals surface area contributed by atoms with Crippen LogP contribution in [-0.4, -0.2) is 25.4 Å². The molecule has 0 aliphatic rings. The molecule has 0 aliphatic heterocycles. The quantitative estimate of drug-likeness (QED) is 0.349. The van der Waals surface area contributed by atoms with E-state index in [9.17, 15) is 4.79 Å². The van der Waals surface area contributed by atoms with Crippen LogP contribution in [-0.2, 0) is 14.4 Å². The second-order valence-electron chi connectivity index (χ2n) is 3.40. The molecule has 0 saturated carbocycles. The van der Waals surface area contributed by atoms with Gasteiger partial charge in [0.25, 0.3) is 0 Å². The molecule has 0 spiro atoms. The first kappa shape index (κ1) is 17.2. The Morgan fingerprint density at radius 1 is 1.16 bits per heavy atom. The number of rotatable bonds is 6. The molecule has 0 unspecified atom stereocenters. The first-order chi connectivity index (χ1) is 8.76. The Balaban J connectivity index is 0.00000324. The summed E-state index contributed by atoms with van der Waals surface area (Å²) in [5.41, 5.74) is 1.87. The lowest BCUT2D eigenvalue weighted by atomic mass is 10.1. The zero-order valence-electron chi connectivity index (χ0n) is 11.0. The van der Waals surface area contributed by atoms with Gasteiger partial charge >= 0.3 is 5.97 Å². The predicted molar refractivity (Wildman–Crippen MR) is 78.6 cm³/mol. The normalized spacial score (nSPS) is 10.4. The van der Waals surface area contributed by atoms with Crippen molar-refractivity contribution in [3.8, 4) is 0 Å². The van der Waals surface area contributed by atoms with Crippen LogP contribution in [0.4, 0.5) is 0 Å². The number of esters is 1. The van der Waals surface area contributed by atoms with Gasteiger partial charge in [-0.25, -0.2) is 4.79 Å². The third kappa shape index (κ3) is 7.26. The fourth-order valence-electron chi connectivity index (χ4n) is 1.22. The van der Waals surface area contributed by atoms with E-state index in [4.69, 9.17) is 9.57 Å². The average molecular weight is 284 g/mol. The van der Waals surface area contributed by atoms with Gasteiger partial charge in [0.1, 0.15) is 6.61 Å². The second kappa shape index (κ2) is 10.1. The number of ether oxygens (including phenoxy) is 1. The molecule has 1 aromatic rings. The first-order valence-electron chi connectivity index (χ1n) is 5.86. The minimum absolute atomic E-state index is 0. The first-order valence-corrected chi connectivity index (χ1v) is 5.86. The molecule has 0 N–H and O–H groups in total. The number of benzene rings is 1. The summed E-state index contributed by atoms with van der Waals surface area (Å²) in [5.74, 6) is -0.334. The van der Waals surface area contributed by atoms with Gasteiger partial charge in [0.2, 0.25) is 0 Å². The Bertz CT molecular complexity index is 427. The van der Waals surface area contributed by atoms with Crippen LogP contribution in [0.25, 0.3) is 6.08 Å². The van der Waals surface area contributed by atoms with Crippen molar-refractivity contribution in [3.05, 3.63) is 41.5 Å². The van der Waals surface area contributed by atoms with Crippen LogP contribution in [0, 0.1) is 0 Å². The van der Waals surface area contributed by atoms with Gasteiger partial charge in [0.05, 0.1) is 12.8 Å². The van der Waals surface area contributed by atoms with Gasteiger partial charge in [-0.15, -0.1) is 12.4 Å². The minimum atomic E-state index is -0.334. The molecule has 1 aromatic carbocycles. The van der Waals surface area contributed by atoms with Gasteiger partial charge < -0.3 is 9.57 Å². The van der Waals surface area contributed by atoms with Crippen molar-refractivity contribution < 1.29 is 14.4 Å². The Hall–Kier alpha value is -1.81. The van der Waals surface area contributed by atoms with Crippen molar-refractivity contribution >= 4 is 30.7 Å². The summed E-state index contributed by atoms with van der Waals surface area (Å²) in [7, 11) is 0. The third-order valence-electron chi connectivity index (χ3n) is 2.04. The van der Waals surface area contributed by atoms with Gasteiger partial charge in [-0.2, -0.15) is 0 Å². The summed E-state index contributed by atoms with van der Waals surface area (Å²) in [5, 5.41) is 3.77. The van der Waals surface area contributed by atoms with E-state index in [1.165, 1.54) is 6.08 Å². The zero-order valence-corrected chi connectivity index (χ0v) is 11.9. The van der Waals surface area contributed by atoms with Crippen molar-refractivity contribution in [3.63, 3.8) is 0 Å². The Morgan fingerprint density at radius 2 is 1.79 bits per heavy atom. The molecule has 4 nitrogen and oxygen atoms in total. The second-order valence-corrected chi connectivity index (χ2v) is 3.40. The lowest BCUT2D eigenvalue weighted by molar-refractivity contribution is -0.137. The molecule has 0 saturated heterocycles. The van der Waals surface area contributed by atoms with Gasteiger partial charge in [0, 0.05) is 6.08 Å². The van der Waals surface area contributed by atoms with Crippen molar-refractivity contribution in [2.45, 2.75) is 13.8 Å². The molecular weight excluding hydrogens is 266 g/mol. The summed E-state index contributed by atoms with van der Waals surface area (Å²) in [6, 6.07) is 7.58. The SMILES string of the molecule is CCON=Cc1ccc(C=CC(=O)OCC)cc1.Cl. The van der Waals surface area contributed by atoms with Crippen molar-refractivity contribution in [1.82, 2.24) is 0 Å². The molecule has 0 bridgehead atoms. The van der Waals surface area contributed by atoms with E-state index in [0.717, 1.165) is 11.1 Å². The van der Waals surface area contributed by atoms with Crippen molar-refractivity contribution in [2.24, 2.45) is 5.16 Å². The van der Waals surface area contributed by atoms with E-state index in [1.54, 1.807) is 19.2 Å². The van der Waals surface area contributed by atoms with Gasteiger partial charge in [-0.05, 0) is 31.1 Å². The van der Waals surface area contributed by atoms with Gasteiger partial charge in [0.15, 0.2) is 0 Å². The molecule has 1 rings (SSSR count). The fraction of sp³-hybridized carbons (Fsp3) is 0.286. The largest absolute Gasteiger partial charge is 0.463 e. The molecule has 0 amide bonds. The van der Waals surface area contributed by atoms with E-state index < -0.39 is 0 Å². The molecular formula is C14H18ClNO3. The number of hydrogen-bond donors (Lipinski definition) is 0.